The van der Waals surface area contributed by atoms with E-state index in [1.54, 1.807) is 17.6 Å². The molecule has 6 nitrogen and oxygen atoms in total. The number of aromatic hydroxyl groups is 1. The number of hydrogen-bond donors (Lipinski definition) is 5. The van der Waals surface area contributed by atoms with E-state index in [2.05, 4.69) is 17.9 Å². The highest BCUT2D eigenvalue weighted by molar-refractivity contribution is 7.80. The molecule has 18 heavy (non-hydrogen) atoms. The van der Waals surface area contributed by atoms with Gasteiger partial charge >= 0.3 is 0 Å². The Hall–Kier alpha value is -1.44. The fourth-order valence-corrected chi connectivity index (χ4v) is 1.76. The monoisotopic (exact) mass is 272 g/mol. The second-order valence-corrected chi connectivity index (χ2v) is 3.92. The van der Waals surface area contributed by atoms with Gasteiger partial charge in [-0.3, -0.25) is 10.0 Å². The smallest absolute Gasteiger partial charge is 0.261 e. The van der Waals surface area contributed by atoms with E-state index in [1.165, 1.54) is 13.2 Å². The average Bonchev–Trinajstić information content (AvgIpc) is 2.40. The number of ether oxygens (including phenoxy) is 1. The van der Waals surface area contributed by atoms with Gasteiger partial charge in [0.1, 0.15) is 11.5 Å². The van der Waals surface area contributed by atoms with Crippen LogP contribution in [-0.2, 0) is 11.3 Å². The van der Waals surface area contributed by atoms with Crippen LogP contribution in [0.25, 0.3) is 0 Å². The number of rotatable bonds is 6. The molecular weight excluding hydrogens is 256 g/mol. The van der Waals surface area contributed by atoms with Crippen LogP contribution in [0.15, 0.2) is 18.2 Å². The van der Waals surface area contributed by atoms with Crippen LogP contribution in [-0.4, -0.2) is 35.1 Å². The van der Waals surface area contributed by atoms with Gasteiger partial charge in [0.05, 0.1) is 13.2 Å². The van der Waals surface area contributed by atoms with Crippen molar-refractivity contribution < 1.29 is 19.8 Å². The zero-order valence-corrected chi connectivity index (χ0v) is 10.8. The van der Waals surface area contributed by atoms with Crippen molar-refractivity contribution in [2.24, 2.45) is 0 Å². The first-order valence-corrected chi connectivity index (χ1v) is 5.90. The molecule has 0 heterocycles. The molecule has 0 bridgehead atoms. The molecule has 0 aromatic heterocycles. The molecule has 1 amide bonds. The van der Waals surface area contributed by atoms with Crippen molar-refractivity contribution in [1.82, 2.24) is 10.8 Å². The summed E-state index contributed by atoms with van der Waals surface area (Å²) in [6.45, 7) is 0.217. The van der Waals surface area contributed by atoms with Gasteiger partial charge in [-0.1, -0.05) is 6.07 Å². The van der Waals surface area contributed by atoms with Gasteiger partial charge in [0, 0.05) is 17.9 Å². The van der Waals surface area contributed by atoms with Gasteiger partial charge in [-0.2, -0.15) is 12.6 Å². The number of carbonyl (C=O) groups is 1. The third kappa shape index (κ3) is 3.52. The first kappa shape index (κ1) is 14.6. The molecule has 0 saturated carbocycles. The lowest BCUT2D eigenvalue weighted by Crippen LogP contribution is -2.44. The van der Waals surface area contributed by atoms with Crippen LogP contribution in [0, 0.1) is 0 Å². The van der Waals surface area contributed by atoms with Crippen LogP contribution in [0.1, 0.15) is 5.56 Å². The molecule has 0 spiro atoms. The highest BCUT2D eigenvalue weighted by atomic mass is 32.1. The van der Waals surface area contributed by atoms with Gasteiger partial charge < -0.3 is 15.2 Å². The molecular formula is C11H16N2O4S. The largest absolute Gasteiger partial charge is 0.507 e. The van der Waals surface area contributed by atoms with Crippen molar-refractivity contribution in [3.05, 3.63) is 23.8 Å². The van der Waals surface area contributed by atoms with Crippen molar-refractivity contribution in [3.63, 3.8) is 0 Å². The van der Waals surface area contributed by atoms with Gasteiger partial charge in [-0.05, 0) is 12.1 Å². The van der Waals surface area contributed by atoms with Crippen LogP contribution in [0.4, 0.5) is 0 Å². The third-order valence-electron chi connectivity index (χ3n) is 2.46. The molecule has 0 aliphatic carbocycles. The molecule has 4 N–H and O–H groups in total. The summed E-state index contributed by atoms with van der Waals surface area (Å²) in [5.74, 6) is 0.218. The van der Waals surface area contributed by atoms with Crippen LogP contribution in [0.5, 0.6) is 11.5 Å². The molecule has 100 valence electrons. The summed E-state index contributed by atoms with van der Waals surface area (Å²) in [5, 5.41) is 21.1. The van der Waals surface area contributed by atoms with E-state index < -0.39 is 11.9 Å². The predicted octanol–water partition coefficient (Wildman–Crippen LogP) is 0.294. The quantitative estimate of drug-likeness (QED) is 0.292. The zero-order valence-electron chi connectivity index (χ0n) is 9.88. The maximum atomic E-state index is 11.2. The minimum Gasteiger partial charge on any atom is -0.507 e. The first-order chi connectivity index (χ1) is 8.63. The van der Waals surface area contributed by atoms with Crippen molar-refractivity contribution >= 4 is 18.5 Å². The Balaban J connectivity index is 2.76. The SMILES string of the molecule is COc1cccc(O)c1CN[C@@H](CS)C(=O)NO. The zero-order chi connectivity index (χ0) is 13.5. The Morgan fingerprint density at radius 3 is 2.83 bits per heavy atom. The van der Waals surface area contributed by atoms with E-state index in [4.69, 9.17) is 9.94 Å². The number of hydrogen-bond acceptors (Lipinski definition) is 6. The summed E-state index contributed by atoms with van der Waals surface area (Å²) in [4.78, 5) is 11.2. The Labute approximate surface area is 110 Å². The Morgan fingerprint density at radius 2 is 2.28 bits per heavy atom. The molecule has 0 unspecified atom stereocenters. The maximum absolute atomic E-state index is 11.2. The Kier molecular flexibility index (Phi) is 5.76. The topological polar surface area (TPSA) is 90.8 Å². The number of amides is 1. The van der Waals surface area contributed by atoms with Gasteiger partial charge in [0.2, 0.25) is 0 Å². The lowest BCUT2D eigenvalue weighted by Gasteiger charge is -2.16. The lowest BCUT2D eigenvalue weighted by molar-refractivity contribution is -0.130. The lowest BCUT2D eigenvalue weighted by atomic mass is 10.1. The van der Waals surface area contributed by atoms with Crippen LogP contribution in [0.2, 0.25) is 0 Å². The molecule has 0 radical (unpaired) electrons. The van der Waals surface area contributed by atoms with E-state index in [0.29, 0.717) is 11.3 Å². The van der Waals surface area contributed by atoms with E-state index in [9.17, 15) is 9.90 Å². The number of methoxy groups -OCH3 is 1. The number of thiol groups is 1. The Bertz CT molecular complexity index is 414. The van der Waals surface area contributed by atoms with E-state index >= 15 is 0 Å². The molecule has 1 rings (SSSR count). The molecule has 7 heteroatoms. The molecule has 0 aliphatic heterocycles. The van der Waals surface area contributed by atoms with Crippen LogP contribution >= 0.6 is 12.6 Å². The minimum atomic E-state index is -0.664. The van der Waals surface area contributed by atoms with E-state index in [1.807, 2.05) is 0 Å². The molecule has 0 aliphatic rings. The number of phenols is 1. The van der Waals surface area contributed by atoms with E-state index in [0.717, 1.165) is 0 Å². The van der Waals surface area contributed by atoms with Gasteiger partial charge in [0.15, 0.2) is 0 Å². The van der Waals surface area contributed by atoms with Gasteiger partial charge in [-0.15, -0.1) is 0 Å². The molecule has 1 aromatic carbocycles. The maximum Gasteiger partial charge on any atom is 0.261 e. The van der Waals surface area contributed by atoms with Crippen molar-refractivity contribution in [2.45, 2.75) is 12.6 Å². The molecule has 0 fully saturated rings. The fraction of sp³-hybridized carbons (Fsp3) is 0.364. The normalized spacial score (nSPS) is 11.9. The second kappa shape index (κ2) is 7.10. The van der Waals surface area contributed by atoms with Crippen LogP contribution < -0.4 is 15.5 Å². The number of nitrogens with one attached hydrogen (secondary N) is 2. The molecule has 1 aromatic rings. The Morgan fingerprint density at radius 1 is 1.56 bits per heavy atom. The van der Waals surface area contributed by atoms with Crippen molar-refractivity contribution in [1.29, 1.82) is 0 Å². The van der Waals surface area contributed by atoms with Gasteiger partial charge in [0.25, 0.3) is 5.91 Å². The van der Waals surface area contributed by atoms with Crippen molar-refractivity contribution in [3.8, 4) is 11.5 Å². The summed E-state index contributed by atoms with van der Waals surface area (Å²) >= 11 is 4.00. The van der Waals surface area contributed by atoms with Crippen LogP contribution in [0.3, 0.4) is 0 Å². The number of phenolic OH excluding ortho intramolecular Hbond substituents is 1. The highest BCUT2D eigenvalue weighted by Crippen LogP contribution is 2.26. The summed E-state index contributed by atoms with van der Waals surface area (Å²) in [7, 11) is 1.49. The minimum absolute atomic E-state index is 0.0733. The second-order valence-electron chi connectivity index (χ2n) is 3.55. The number of benzene rings is 1. The van der Waals surface area contributed by atoms with E-state index in [-0.39, 0.29) is 18.0 Å². The fourth-order valence-electron chi connectivity index (χ4n) is 1.47. The summed E-state index contributed by atoms with van der Waals surface area (Å²) < 4.78 is 5.11. The highest BCUT2D eigenvalue weighted by Gasteiger charge is 2.17. The standard InChI is InChI=1S/C11H16N2O4S/c1-17-10-4-2-3-9(14)7(10)5-12-8(6-18)11(15)13-16/h2-4,8,12,14,16,18H,5-6H2,1H3,(H,13,15)/t8-/m0/s1. The third-order valence-corrected chi connectivity index (χ3v) is 2.83. The predicted molar refractivity (Wildman–Crippen MR) is 69.1 cm³/mol. The summed E-state index contributed by atoms with van der Waals surface area (Å²) in [6, 6.07) is 4.23. The molecule has 0 saturated heterocycles. The average molecular weight is 272 g/mol. The summed E-state index contributed by atoms with van der Waals surface area (Å²) in [5.41, 5.74) is 2.09. The number of hydroxylamine groups is 1. The summed E-state index contributed by atoms with van der Waals surface area (Å²) in [6.07, 6.45) is 0. The van der Waals surface area contributed by atoms with Gasteiger partial charge in [-0.25, -0.2) is 5.48 Å². The molecule has 1 atom stereocenters. The number of carbonyl (C=O) groups excluding carboxylic acids is 1. The first-order valence-electron chi connectivity index (χ1n) is 5.27. The van der Waals surface area contributed by atoms with Crippen molar-refractivity contribution in [2.75, 3.05) is 12.9 Å².